The number of hydrogen-bond acceptors (Lipinski definition) is 4. The van der Waals surface area contributed by atoms with Crippen LogP contribution in [0.3, 0.4) is 0 Å². The molecule has 62 valence electrons. The molecule has 1 saturated heterocycles. The molecule has 0 aromatic rings. The van der Waals surface area contributed by atoms with Crippen molar-refractivity contribution in [3.63, 3.8) is 0 Å². The van der Waals surface area contributed by atoms with Crippen LogP contribution in [-0.4, -0.2) is 65.8 Å². The maximum absolute atomic E-state index is 10.1. The molecular weight excluding hydrogens is 180 g/mol. The van der Waals surface area contributed by atoms with Gasteiger partial charge in [0, 0.05) is 13.1 Å². The zero-order chi connectivity index (χ0) is 7.40. The van der Waals surface area contributed by atoms with E-state index in [1.54, 1.807) is 0 Å². The molecule has 1 atom stereocenters. The van der Waals surface area contributed by atoms with Gasteiger partial charge in [-0.1, -0.05) is 0 Å². The third-order valence-corrected chi connectivity index (χ3v) is 1.59. The summed E-state index contributed by atoms with van der Waals surface area (Å²) in [5, 5.41) is 1.45. The molecule has 0 aromatic carbocycles. The third kappa shape index (κ3) is 5.33. The van der Waals surface area contributed by atoms with Gasteiger partial charge < -0.3 is 9.63 Å². The Bertz CT molecular complexity index is 129. The van der Waals surface area contributed by atoms with E-state index in [0.717, 1.165) is 0 Å². The normalized spacial score (nSPS) is 22.3. The molecule has 0 aliphatic carbocycles. The molecule has 0 bridgehead atoms. The molecule has 1 aliphatic rings. The molecule has 7 heteroatoms. The fourth-order valence-electron chi connectivity index (χ4n) is 0.748. The van der Waals surface area contributed by atoms with Crippen molar-refractivity contribution in [3.8, 4) is 0 Å². The summed E-state index contributed by atoms with van der Waals surface area (Å²) in [5.41, 5.74) is 0. The van der Waals surface area contributed by atoms with Crippen molar-refractivity contribution < 1.29 is 18.8 Å². The third-order valence-electron chi connectivity index (χ3n) is 1.18. The minimum absolute atomic E-state index is 0. The Morgan fingerprint density at radius 2 is 2.00 bits per heavy atom. The van der Waals surface area contributed by atoms with E-state index in [4.69, 9.17) is 9.63 Å². The Balaban J connectivity index is 0.000001000. The number of hydrogen-bond donors (Lipinski definition) is 1. The number of hydroxylamine groups is 2. The first-order valence-corrected chi connectivity index (χ1v) is 4.29. The molecule has 1 aliphatic heterocycles. The van der Waals surface area contributed by atoms with Gasteiger partial charge in [0.15, 0.2) is 0 Å². The van der Waals surface area contributed by atoms with Crippen molar-refractivity contribution in [1.82, 2.24) is 5.06 Å². The fraction of sp³-hybridized carbons (Fsp3) is 1.00. The van der Waals surface area contributed by atoms with Crippen molar-refractivity contribution in [3.05, 3.63) is 0 Å². The van der Waals surface area contributed by atoms with Gasteiger partial charge in [-0.15, -0.1) is 0 Å². The summed E-state index contributed by atoms with van der Waals surface area (Å²) in [6.45, 7) is 2.26. The van der Waals surface area contributed by atoms with Crippen LogP contribution in [-0.2, 0) is 13.9 Å². The fourth-order valence-corrected chi connectivity index (χ4v) is 1.15. The second-order valence-electron chi connectivity index (χ2n) is 1.90. The van der Waals surface area contributed by atoms with Crippen molar-refractivity contribution in [2.24, 2.45) is 0 Å². The van der Waals surface area contributed by atoms with E-state index >= 15 is 0 Å². The summed E-state index contributed by atoms with van der Waals surface area (Å²) in [6.07, 6.45) is 0. The van der Waals surface area contributed by atoms with Crippen LogP contribution >= 0.6 is 8.25 Å². The second-order valence-corrected chi connectivity index (χ2v) is 2.61. The van der Waals surface area contributed by atoms with Crippen molar-refractivity contribution in [2.45, 2.75) is 0 Å². The Hall–Kier alpha value is 1.07. The van der Waals surface area contributed by atoms with Gasteiger partial charge in [-0.25, -0.2) is 4.62 Å². The number of rotatable bonds is 2. The molecule has 11 heavy (non-hydrogen) atoms. The first kappa shape index (κ1) is 12.1. The summed E-state index contributed by atoms with van der Waals surface area (Å²) < 4.78 is 19.7. The predicted molar refractivity (Wildman–Crippen MR) is 41.8 cm³/mol. The van der Waals surface area contributed by atoms with E-state index < -0.39 is 8.25 Å². The standard InChI is InChI=1S/C4H10NO4P.Na.H/c6-10(7)9-5-1-3-8-4-2-5;;/h10H,1-4H2,(H,6,7);;. The molecule has 0 radical (unpaired) electrons. The van der Waals surface area contributed by atoms with Gasteiger partial charge >= 0.3 is 37.8 Å². The average molecular weight is 191 g/mol. The van der Waals surface area contributed by atoms with E-state index in [2.05, 4.69) is 4.62 Å². The molecule has 1 rings (SSSR count). The molecule has 5 nitrogen and oxygen atoms in total. The van der Waals surface area contributed by atoms with Crippen LogP contribution in [0.4, 0.5) is 0 Å². The molecule has 0 spiro atoms. The van der Waals surface area contributed by atoms with E-state index in [1.807, 2.05) is 0 Å². The molecular formula is C4H11NNaO4P. The van der Waals surface area contributed by atoms with E-state index in [-0.39, 0.29) is 29.6 Å². The van der Waals surface area contributed by atoms with Gasteiger partial charge in [0.2, 0.25) is 0 Å². The number of morpholine rings is 1. The van der Waals surface area contributed by atoms with Gasteiger partial charge in [0.25, 0.3) is 0 Å². The number of nitrogens with zero attached hydrogens (tertiary/aromatic N) is 1. The zero-order valence-electron chi connectivity index (χ0n) is 5.45. The van der Waals surface area contributed by atoms with E-state index in [1.165, 1.54) is 5.06 Å². The van der Waals surface area contributed by atoms with E-state index in [0.29, 0.717) is 26.3 Å². The van der Waals surface area contributed by atoms with Gasteiger partial charge in [0.05, 0.1) is 13.2 Å². The van der Waals surface area contributed by atoms with Gasteiger partial charge in [0.1, 0.15) is 0 Å². The Kier molecular flexibility index (Phi) is 7.21. The van der Waals surface area contributed by atoms with Crippen LogP contribution < -0.4 is 0 Å². The zero-order valence-corrected chi connectivity index (χ0v) is 6.45. The Morgan fingerprint density at radius 1 is 1.45 bits per heavy atom. The SMILES string of the molecule is O=[PH](O)ON1CCOCC1.[NaH]. The van der Waals surface area contributed by atoms with Gasteiger partial charge in [-0.2, -0.15) is 5.06 Å². The van der Waals surface area contributed by atoms with Crippen molar-refractivity contribution in [1.29, 1.82) is 0 Å². The number of ether oxygens (including phenoxy) is 1. The molecule has 1 unspecified atom stereocenters. The van der Waals surface area contributed by atoms with Gasteiger partial charge in [-0.05, 0) is 0 Å². The first-order chi connectivity index (χ1) is 4.79. The minimum atomic E-state index is -2.81. The van der Waals surface area contributed by atoms with Crippen LogP contribution in [0.15, 0.2) is 0 Å². The van der Waals surface area contributed by atoms with Crippen molar-refractivity contribution >= 4 is 37.8 Å². The molecule has 1 fully saturated rings. The van der Waals surface area contributed by atoms with Crippen LogP contribution in [0.1, 0.15) is 0 Å². The summed E-state index contributed by atoms with van der Waals surface area (Å²) in [4.78, 5) is 8.35. The predicted octanol–water partition coefficient (Wildman–Crippen LogP) is -1.02. The molecule has 0 saturated carbocycles. The van der Waals surface area contributed by atoms with Crippen LogP contribution in [0.25, 0.3) is 0 Å². The van der Waals surface area contributed by atoms with Gasteiger partial charge in [-0.3, -0.25) is 4.57 Å². The quantitative estimate of drug-likeness (QED) is 0.447. The van der Waals surface area contributed by atoms with Crippen LogP contribution in [0.5, 0.6) is 0 Å². The second kappa shape index (κ2) is 6.57. The monoisotopic (exact) mass is 191 g/mol. The summed E-state index contributed by atoms with van der Waals surface area (Å²) >= 11 is 0. The molecule has 0 amide bonds. The summed E-state index contributed by atoms with van der Waals surface area (Å²) in [6, 6.07) is 0. The van der Waals surface area contributed by atoms with Crippen LogP contribution in [0, 0.1) is 0 Å². The first-order valence-electron chi connectivity index (χ1n) is 3.02. The summed E-state index contributed by atoms with van der Waals surface area (Å²) in [7, 11) is -2.81. The topological polar surface area (TPSA) is 59.0 Å². The average Bonchev–Trinajstić information content (AvgIpc) is 1.88. The molecule has 1 heterocycles. The molecule has 0 aromatic heterocycles. The molecule has 1 N–H and O–H groups in total. The maximum atomic E-state index is 10.1. The summed E-state index contributed by atoms with van der Waals surface area (Å²) in [5.74, 6) is 0. The van der Waals surface area contributed by atoms with E-state index in [9.17, 15) is 4.57 Å². The Labute approximate surface area is 87.9 Å². The van der Waals surface area contributed by atoms with Crippen molar-refractivity contribution in [2.75, 3.05) is 26.3 Å². The van der Waals surface area contributed by atoms with Crippen LogP contribution in [0.2, 0.25) is 0 Å². The Morgan fingerprint density at radius 3 is 2.45 bits per heavy atom.